The summed E-state index contributed by atoms with van der Waals surface area (Å²) >= 11 is 0. The molecule has 2 N–H and O–H groups in total. The lowest BCUT2D eigenvalue weighted by Gasteiger charge is -2.15. The van der Waals surface area contributed by atoms with E-state index in [2.05, 4.69) is 5.32 Å². The van der Waals surface area contributed by atoms with Gasteiger partial charge in [0.2, 0.25) is 0 Å². The minimum absolute atomic E-state index is 0.114. The molecule has 92 valence electrons. The van der Waals surface area contributed by atoms with Gasteiger partial charge in [0.25, 0.3) is 0 Å². The fourth-order valence-electron chi connectivity index (χ4n) is 0.933. The zero-order valence-corrected chi connectivity index (χ0v) is 10.8. The van der Waals surface area contributed by atoms with Crippen LogP contribution in [0.3, 0.4) is 0 Å². The summed E-state index contributed by atoms with van der Waals surface area (Å²) in [4.78, 5) is 0. The molecule has 5 heteroatoms. The molecule has 0 aliphatic heterocycles. The maximum atomic E-state index is 11.0. The molecular formula is C10H23NO3S. The van der Waals surface area contributed by atoms with Gasteiger partial charge in [-0.05, 0) is 20.8 Å². The average molecular weight is 237 g/mol. The summed E-state index contributed by atoms with van der Waals surface area (Å²) in [5, 5.41) is 12.7. The molecule has 0 aliphatic rings. The average Bonchev–Trinajstić information content (AvgIpc) is 2.14. The number of ether oxygens (including phenoxy) is 1. The molecule has 3 unspecified atom stereocenters. The highest BCUT2D eigenvalue weighted by Gasteiger charge is 2.08. The van der Waals surface area contributed by atoms with Gasteiger partial charge in [-0.25, -0.2) is 0 Å². The summed E-state index contributed by atoms with van der Waals surface area (Å²) in [6, 6.07) is 0. The Morgan fingerprint density at radius 2 is 1.93 bits per heavy atom. The number of aliphatic hydroxyl groups is 1. The van der Waals surface area contributed by atoms with Gasteiger partial charge in [0.15, 0.2) is 0 Å². The van der Waals surface area contributed by atoms with Gasteiger partial charge in [0.1, 0.15) is 0 Å². The Morgan fingerprint density at radius 3 is 2.40 bits per heavy atom. The minimum atomic E-state index is -0.811. The van der Waals surface area contributed by atoms with Crippen molar-refractivity contribution in [3.8, 4) is 0 Å². The summed E-state index contributed by atoms with van der Waals surface area (Å²) in [5.74, 6) is 0. The van der Waals surface area contributed by atoms with Gasteiger partial charge in [-0.15, -0.1) is 0 Å². The van der Waals surface area contributed by atoms with Crippen LogP contribution >= 0.6 is 0 Å². The second-order valence-electron chi connectivity index (χ2n) is 4.00. The number of hydrogen-bond acceptors (Lipinski definition) is 4. The maximum absolute atomic E-state index is 11.0. The number of rotatable bonds is 8. The van der Waals surface area contributed by atoms with Crippen molar-refractivity contribution in [3.63, 3.8) is 0 Å². The summed E-state index contributed by atoms with van der Waals surface area (Å²) in [7, 11) is -0.811. The van der Waals surface area contributed by atoms with Crippen LogP contribution in [0.25, 0.3) is 0 Å². The van der Waals surface area contributed by atoms with Crippen molar-refractivity contribution in [1.29, 1.82) is 0 Å². The van der Waals surface area contributed by atoms with Gasteiger partial charge in [-0.2, -0.15) is 0 Å². The Hall–Kier alpha value is 0.0300. The first-order chi connectivity index (χ1) is 6.93. The highest BCUT2D eigenvalue weighted by atomic mass is 32.2. The zero-order valence-electron chi connectivity index (χ0n) is 10.0. The molecule has 0 rings (SSSR count). The van der Waals surface area contributed by atoms with Gasteiger partial charge in [-0.3, -0.25) is 4.21 Å². The van der Waals surface area contributed by atoms with E-state index in [0.29, 0.717) is 19.7 Å². The van der Waals surface area contributed by atoms with Crippen LogP contribution in [0.2, 0.25) is 0 Å². The lowest BCUT2D eigenvalue weighted by atomic mass is 10.3. The molecule has 0 saturated heterocycles. The Morgan fingerprint density at radius 1 is 1.33 bits per heavy atom. The first-order valence-electron chi connectivity index (χ1n) is 5.26. The second-order valence-corrected chi connectivity index (χ2v) is 5.81. The van der Waals surface area contributed by atoms with E-state index in [4.69, 9.17) is 4.74 Å². The third-order valence-electron chi connectivity index (χ3n) is 2.00. The lowest BCUT2D eigenvalue weighted by Crippen LogP contribution is -2.36. The Labute approximate surface area is 94.9 Å². The van der Waals surface area contributed by atoms with Gasteiger partial charge in [-0.1, -0.05) is 0 Å². The molecule has 0 fully saturated rings. The Bertz CT molecular complexity index is 188. The molecule has 4 nitrogen and oxygen atoms in total. The van der Waals surface area contributed by atoms with Crippen LogP contribution in [0, 0.1) is 0 Å². The normalized spacial score (nSPS) is 17.7. The summed E-state index contributed by atoms with van der Waals surface area (Å²) in [5.41, 5.74) is 0. The van der Waals surface area contributed by atoms with Crippen molar-refractivity contribution in [2.75, 3.05) is 26.0 Å². The lowest BCUT2D eigenvalue weighted by molar-refractivity contribution is 0.00652. The molecule has 0 spiro atoms. The quantitative estimate of drug-likeness (QED) is 0.630. The van der Waals surface area contributed by atoms with Gasteiger partial charge in [0, 0.05) is 35.4 Å². The first-order valence-corrected chi connectivity index (χ1v) is 6.88. The van der Waals surface area contributed by atoms with Crippen LogP contribution in [0.5, 0.6) is 0 Å². The molecule has 0 saturated carbocycles. The number of hydrogen-bond donors (Lipinski definition) is 2. The van der Waals surface area contributed by atoms with Crippen molar-refractivity contribution < 1.29 is 14.1 Å². The molecule has 0 bridgehead atoms. The van der Waals surface area contributed by atoms with E-state index >= 15 is 0 Å². The molecule has 0 aromatic carbocycles. The van der Waals surface area contributed by atoms with Crippen molar-refractivity contribution in [2.24, 2.45) is 0 Å². The largest absolute Gasteiger partial charge is 0.389 e. The molecule has 0 aromatic rings. The molecule has 15 heavy (non-hydrogen) atoms. The molecule has 0 aromatic heterocycles. The Kier molecular flexibility index (Phi) is 8.23. The molecular weight excluding hydrogens is 214 g/mol. The van der Waals surface area contributed by atoms with Crippen LogP contribution < -0.4 is 5.32 Å². The monoisotopic (exact) mass is 237 g/mol. The second kappa shape index (κ2) is 8.21. The topological polar surface area (TPSA) is 58.6 Å². The van der Waals surface area contributed by atoms with E-state index in [1.165, 1.54) is 0 Å². The fourth-order valence-corrected chi connectivity index (χ4v) is 1.29. The van der Waals surface area contributed by atoms with E-state index in [-0.39, 0.29) is 11.4 Å². The first kappa shape index (κ1) is 15.0. The van der Waals surface area contributed by atoms with E-state index in [0.717, 1.165) is 0 Å². The smallest absolute Gasteiger partial charge is 0.0897 e. The third kappa shape index (κ3) is 8.99. The highest BCUT2D eigenvalue weighted by Crippen LogP contribution is 1.92. The predicted octanol–water partition coefficient (Wildman–Crippen LogP) is 0.129. The molecule has 0 amide bonds. The van der Waals surface area contributed by atoms with E-state index in [1.807, 2.05) is 20.8 Å². The summed E-state index contributed by atoms with van der Waals surface area (Å²) in [6.07, 6.45) is 1.33. The van der Waals surface area contributed by atoms with Crippen LogP contribution in [0.4, 0.5) is 0 Å². The number of nitrogens with one attached hydrogen (secondary N) is 1. The van der Waals surface area contributed by atoms with E-state index < -0.39 is 16.9 Å². The van der Waals surface area contributed by atoms with Crippen LogP contribution in [0.1, 0.15) is 20.8 Å². The van der Waals surface area contributed by atoms with Crippen LogP contribution in [0.15, 0.2) is 0 Å². The van der Waals surface area contributed by atoms with Crippen LogP contribution in [-0.2, 0) is 15.5 Å². The zero-order chi connectivity index (χ0) is 11.8. The molecule has 0 heterocycles. The van der Waals surface area contributed by atoms with E-state index in [9.17, 15) is 9.32 Å². The third-order valence-corrected chi connectivity index (χ3v) is 3.30. The van der Waals surface area contributed by atoms with E-state index in [1.54, 1.807) is 6.26 Å². The molecule has 3 atom stereocenters. The maximum Gasteiger partial charge on any atom is 0.0897 e. The van der Waals surface area contributed by atoms with Crippen molar-refractivity contribution >= 4 is 10.8 Å². The standard InChI is InChI=1S/C10H23NO3S/c1-8(2)14-7-10(12)6-11-5-9(3)15(4)13/h8-12H,5-7H2,1-4H3. The fraction of sp³-hybridized carbons (Fsp3) is 1.00. The molecule has 0 radical (unpaired) electrons. The molecule has 0 aliphatic carbocycles. The van der Waals surface area contributed by atoms with Crippen molar-refractivity contribution in [1.82, 2.24) is 5.32 Å². The van der Waals surface area contributed by atoms with Gasteiger partial charge in [0.05, 0.1) is 18.8 Å². The van der Waals surface area contributed by atoms with Gasteiger partial charge >= 0.3 is 0 Å². The summed E-state index contributed by atoms with van der Waals surface area (Å²) in [6.45, 7) is 7.26. The summed E-state index contributed by atoms with van der Waals surface area (Å²) < 4.78 is 16.3. The van der Waals surface area contributed by atoms with Crippen molar-refractivity contribution in [2.45, 2.75) is 38.2 Å². The van der Waals surface area contributed by atoms with Crippen LogP contribution in [-0.4, -0.2) is 52.7 Å². The number of aliphatic hydroxyl groups excluding tert-OH is 1. The van der Waals surface area contributed by atoms with Gasteiger partial charge < -0.3 is 15.2 Å². The highest BCUT2D eigenvalue weighted by molar-refractivity contribution is 7.84. The SMILES string of the molecule is CC(C)OCC(O)CNCC(C)S(C)=O. The van der Waals surface area contributed by atoms with Crippen molar-refractivity contribution in [3.05, 3.63) is 0 Å². The predicted molar refractivity (Wildman–Crippen MR) is 63.5 cm³/mol. The Balaban J connectivity index is 3.46. The minimum Gasteiger partial charge on any atom is -0.389 e.